The van der Waals surface area contributed by atoms with Crippen LogP contribution in [0.4, 0.5) is 0 Å². The monoisotopic (exact) mass is 428 g/mol. The van der Waals surface area contributed by atoms with E-state index in [0.717, 1.165) is 31.2 Å². The lowest BCUT2D eigenvalue weighted by Gasteiger charge is -2.09. The Hall–Kier alpha value is -3.54. The number of hydrogen-bond donors (Lipinski definition) is 1. The number of carbonyl (C=O) groups is 1. The summed E-state index contributed by atoms with van der Waals surface area (Å²) in [6.45, 7) is 4.79. The second kappa shape index (κ2) is 9.73. The molecule has 0 unspecified atom stereocenters. The van der Waals surface area contributed by atoms with Gasteiger partial charge in [-0.05, 0) is 72.7 Å². The SMILES string of the molecule is CC(C)c1ccc2nc3ccc(C(=O)NCCCCCc4ccncc4)cn3c(=O)c2c1. The molecule has 164 valence electrons. The maximum Gasteiger partial charge on any atom is 0.265 e. The molecule has 0 aliphatic heterocycles. The number of carbonyl (C=O) groups excluding carboxylic acids is 1. The zero-order chi connectivity index (χ0) is 22.5. The van der Waals surface area contributed by atoms with Crippen LogP contribution in [0, 0.1) is 0 Å². The first-order chi connectivity index (χ1) is 15.5. The van der Waals surface area contributed by atoms with E-state index in [-0.39, 0.29) is 11.5 Å². The normalized spacial score (nSPS) is 11.3. The molecule has 0 aliphatic carbocycles. The molecule has 0 bridgehead atoms. The molecule has 0 atom stereocenters. The second-order valence-electron chi connectivity index (χ2n) is 8.42. The Bertz CT molecular complexity index is 1300. The summed E-state index contributed by atoms with van der Waals surface area (Å²) in [5.41, 5.74) is 3.88. The van der Waals surface area contributed by atoms with Crippen LogP contribution in [0.5, 0.6) is 0 Å². The van der Waals surface area contributed by atoms with Gasteiger partial charge in [-0.3, -0.25) is 19.0 Å². The Morgan fingerprint density at radius 1 is 1.03 bits per heavy atom. The highest BCUT2D eigenvalue weighted by molar-refractivity contribution is 5.94. The highest BCUT2D eigenvalue weighted by atomic mass is 16.1. The molecule has 6 heteroatoms. The van der Waals surface area contributed by atoms with Crippen molar-refractivity contribution in [1.29, 1.82) is 0 Å². The van der Waals surface area contributed by atoms with Gasteiger partial charge in [-0.25, -0.2) is 4.98 Å². The van der Waals surface area contributed by atoms with E-state index in [2.05, 4.69) is 29.1 Å². The fourth-order valence-corrected chi connectivity index (χ4v) is 3.80. The van der Waals surface area contributed by atoms with E-state index in [1.807, 2.05) is 42.7 Å². The van der Waals surface area contributed by atoms with Crippen LogP contribution in [0.25, 0.3) is 16.6 Å². The number of unbranched alkanes of at least 4 members (excludes halogenated alkanes) is 2. The summed E-state index contributed by atoms with van der Waals surface area (Å²) in [7, 11) is 0. The average Bonchev–Trinajstić information content (AvgIpc) is 2.81. The van der Waals surface area contributed by atoms with Gasteiger partial charge in [0.05, 0.1) is 16.5 Å². The first-order valence-electron chi connectivity index (χ1n) is 11.2. The minimum atomic E-state index is -0.177. The minimum absolute atomic E-state index is 0.154. The number of nitrogens with one attached hydrogen (secondary N) is 1. The highest BCUT2D eigenvalue weighted by Crippen LogP contribution is 2.19. The molecule has 1 N–H and O–H groups in total. The van der Waals surface area contributed by atoms with Gasteiger partial charge in [0.1, 0.15) is 5.65 Å². The molecular weight excluding hydrogens is 400 g/mol. The topological polar surface area (TPSA) is 76.4 Å². The molecule has 32 heavy (non-hydrogen) atoms. The van der Waals surface area contributed by atoms with Crippen molar-refractivity contribution in [3.05, 3.63) is 88.1 Å². The van der Waals surface area contributed by atoms with Crippen molar-refractivity contribution in [3.8, 4) is 0 Å². The van der Waals surface area contributed by atoms with Crippen LogP contribution in [-0.4, -0.2) is 26.8 Å². The largest absolute Gasteiger partial charge is 0.352 e. The van der Waals surface area contributed by atoms with Crippen molar-refractivity contribution in [2.24, 2.45) is 0 Å². The number of hydrogen-bond acceptors (Lipinski definition) is 4. The molecule has 6 nitrogen and oxygen atoms in total. The van der Waals surface area contributed by atoms with Crippen molar-refractivity contribution >= 4 is 22.5 Å². The first-order valence-corrected chi connectivity index (χ1v) is 11.2. The van der Waals surface area contributed by atoms with E-state index in [4.69, 9.17) is 0 Å². The van der Waals surface area contributed by atoms with Gasteiger partial charge in [0.2, 0.25) is 0 Å². The highest BCUT2D eigenvalue weighted by Gasteiger charge is 2.11. The zero-order valence-electron chi connectivity index (χ0n) is 18.5. The Morgan fingerprint density at radius 2 is 1.84 bits per heavy atom. The molecular formula is C26H28N4O2. The number of nitrogens with zero attached hydrogens (tertiary/aromatic N) is 3. The van der Waals surface area contributed by atoms with Crippen LogP contribution >= 0.6 is 0 Å². The summed E-state index contributed by atoms with van der Waals surface area (Å²) < 4.78 is 1.47. The summed E-state index contributed by atoms with van der Waals surface area (Å²) in [5, 5.41) is 3.53. The Labute approximate surface area is 187 Å². The van der Waals surface area contributed by atoms with E-state index in [0.29, 0.717) is 34.6 Å². The quantitative estimate of drug-likeness (QED) is 0.331. The lowest BCUT2D eigenvalue weighted by Crippen LogP contribution is -2.26. The van der Waals surface area contributed by atoms with E-state index in [1.54, 1.807) is 18.3 Å². The summed E-state index contributed by atoms with van der Waals surface area (Å²) >= 11 is 0. The summed E-state index contributed by atoms with van der Waals surface area (Å²) in [4.78, 5) is 34.3. The van der Waals surface area contributed by atoms with Crippen molar-refractivity contribution in [1.82, 2.24) is 19.7 Å². The van der Waals surface area contributed by atoms with Crippen molar-refractivity contribution in [2.75, 3.05) is 6.54 Å². The summed E-state index contributed by atoms with van der Waals surface area (Å²) in [6, 6.07) is 13.3. The number of aryl methyl sites for hydroxylation is 1. The summed E-state index contributed by atoms with van der Waals surface area (Å²) in [6.07, 6.45) is 9.25. The van der Waals surface area contributed by atoms with Gasteiger partial charge in [-0.15, -0.1) is 0 Å². The second-order valence-corrected chi connectivity index (χ2v) is 8.42. The van der Waals surface area contributed by atoms with Crippen LogP contribution in [0.1, 0.15) is 60.5 Å². The minimum Gasteiger partial charge on any atom is -0.352 e. The fourth-order valence-electron chi connectivity index (χ4n) is 3.80. The average molecular weight is 429 g/mol. The first kappa shape index (κ1) is 21.7. The molecule has 3 aromatic heterocycles. The molecule has 0 aliphatic rings. The Morgan fingerprint density at radius 3 is 2.62 bits per heavy atom. The predicted molar refractivity (Wildman–Crippen MR) is 127 cm³/mol. The third-order valence-corrected chi connectivity index (χ3v) is 5.74. The van der Waals surface area contributed by atoms with E-state index < -0.39 is 0 Å². The number of pyridine rings is 2. The van der Waals surface area contributed by atoms with Crippen molar-refractivity contribution in [3.63, 3.8) is 0 Å². The fraction of sp³-hybridized carbons (Fsp3) is 0.308. The van der Waals surface area contributed by atoms with Gasteiger partial charge in [0, 0.05) is 25.1 Å². The third-order valence-electron chi connectivity index (χ3n) is 5.74. The van der Waals surface area contributed by atoms with Crippen LogP contribution < -0.4 is 10.9 Å². The number of amides is 1. The standard InChI is InChI=1S/C26H28N4O2/c1-18(2)20-7-9-23-22(16-20)26(32)30-17-21(8-10-24(30)29-23)25(31)28-13-5-3-4-6-19-11-14-27-15-12-19/h7-12,14-18H,3-6,13H2,1-2H3,(H,28,31). The maximum atomic E-state index is 13.1. The Kier molecular flexibility index (Phi) is 6.59. The van der Waals surface area contributed by atoms with E-state index in [9.17, 15) is 9.59 Å². The number of benzene rings is 1. The molecule has 4 rings (SSSR count). The third kappa shape index (κ3) is 4.85. The van der Waals surface area contributed by atoms with Crippen molar-refractivity contribution < 1.29 is 4.79 Å². The molecule has 1 aromatic carbocycles. The number of rotatable bonds is 8. The van der Waals surface area contributed by atoms with Crippen LogP contribution in [-0.2, 0) is 6.42 Å². The van der Waals surface area contributed by atoms with E-state index >= 15 is 0 Å². The molecule has 0 spiro atoms. The zero-order valence-corrected chi connectivity index (χ0v) is 18.5. The smallest absolute Gasteiger partial charge is 0.265 e. The van der Waals surface area contributed by atoms with Crippen molar-refractivity contribution in [2.45, 2.75) is 45.4 Å². The van der Waals surface area contributed by atoms with Crippen LogP contribution in [0.2, 0.25) is 0 Å². The molecule has 0 saturated heterocycles. The van der Waals surface area contributed by atoms with Crippen LogP contribution in [0.15, 0.2) is 65.8 Å². The number of aromatic nitrogens is 3. The molecule has 1 amide bonds. The molecule has 0 saturated carbocycles. The van der Waals surface area contributed by atoms with Gasteiger partial charge in [0.25, 0.3) is 11.5 Å². The van der Waals surface area contributed by atoms with Crippen LogP contribution in [0.3, 0.4) is 0 Å². The molecule has 0 radical (unpaired) electrons. The lowest BCUT2D eigenvalue weighted by atomic mass is 10.0. The van der Waals surface area contributed by atoms with Gasteiger partial charge in [0.15, 0.2) is 0 Å². The lowest BCUT2D eigenvalue weighted by molar-refractivity contribution is 0.0952. The maximum absolute atomic E-state index is 13.1. The van der Waals surface area contributed by atoms with E-state index in [1.165, 1.54) is 9.96 Å². The van der Waals surface area contributed by atoms with Gasteiger partial charge in [-0.1, -0.05) is 26.3 Å². The molecule has 3 heterocycles. The summed E-state index contributed by atoms with van der Waals surface area (Å²) in [5.74, 6) is 0.144. The molecule has 0 fully saturated rings. The molecule has 4 aromatic rings. The predicted octanol–water partition coefficient (Wildman–Crippen LogP) is 4.51. The van der Waals surface area contributed by atoms with Gasteiger partial charge >= 0.3 is 0 Å². The van der Waals surface area contributed by atoms with Gasteiger partial charge in [-0.2, -0.15) is 0 Å². The number of fused-ring (bicyclic) bond motifs is 2. The van der Waals surface area contributed by atoms with Gasteiger partial charge < -0.3 is 5.32 Å². The Balaban J connectivity index is 1.41.